The summed E-state index contributed by atoms with van der Waals surface area (Å²) in [7, 11) is 4.78. The minimum absolute atomic E-state index is 0.0127. The van der Waals surface area contributed by atoms with Crippen molar-refractivity contribution < 1.29 is 42.0 Å². The second-order valence-electron chi connectivity index (χ2n) is 8.78. The van der Waals surface area contributed by atoms with E-state index in [2.05, 4.69) is 30.0 Å². The number of hydrogen-bond donors (Lipinski definition) is 2. The van der Waals surface area contributed by atoms with Crippen molar-refractivity contribution in [3.63, 3.8) is 0 Å². The number of aliphatic hydroxyl groups excluding tert-OH is 1. The molecule has 0 atom stereocenters. The molecule has 41 heavy (non-hydrogen) atoms. The van der Waals surface area contributed by atoms with E-state index in [0.29, 0.717) is 46.9 Å². The number of anilines is 2. The van der Waals surface area contributed by atoms with E-state index in [1.807, 2.05) is 4.90 Å². The van der Waals surface area contributed by atoms with Gasteiger partial charge in [-0.25, -0.2) is 19.7 Å². The zero-order chi connectivity index (χ0) is 29.7. The van der Waals surface area contributed by atoms with Gasteiger partial charge in [-0.2, -0.15) is 18.2 Å². The molecule has 0 saturated carbocycles. The minimum Gasteiger partial charge on any atom is -0.497 e. The summed E-state index contributed by atoms with van der Waals surface area (Å²) in [4.78, 5) is 30.8. The maximum atomic E-state index is 13.1. The van der Waals surface area contributed by atoms with Crippen LogP contribution in [0.3, 0.4) is 0 Å². The Labute approximate surface area is 232 Å². The molecule has 0 fully saturated rings. The van der Waals surface area contributed by atoms with Crippen LogP contribution in [0.25, 0.3) is 21.8 Å². The first-order valence-corrected chi connectivity index (χ1v) is 12.2. The summed E-state index contributed by atoms with van der Waals surface area (Å²) in [6.07, 6.45) is -5.26. The number of alkyl halides is 3. The Bertz CT molecular complexity index is 1570. The van der Waals surface area contributed by atoms with Crippen molar-refractivity contribution in [1.82, 2.24) is 24.8 Å². The molecule has 15 heteroatoms. The van der Waals surface area contributed by atoms with Crippen LogP contribution in [0.2, 0.25) is 0 Å². The molecule has 4 aromatic rings. The fourth-order valence-corrected chi connectivity index (χ4v) is 3.80. The van der Waals surface area contributed by atoms with E-state index in [9.17, 15) is 18.0 Å². The molecule has 0 bridgehead atoms. The summed E-state index contributed by atoms with van der Waals surface area (Å²) < 4.78 is 60.2. The number of aryl methyl sites for hydroxylation is 1. The van der Waals surface area contributed by atoms with Gasteiger partial charge in [-0.1, -0.05) is 0 Å². The Hall–Kier alpha value is -4.50. The van der Waals surface area contributed by atoms with Crippen molar-refractivity contribution in [2.75, 3.05) is 52.9 Å². The van der Waals surface area contributed by atoms with Crippen molar-refractivity contribution in [2.24, 2.45) is 0 Å². The summed E-state index contributed by atoms with van der Waals surface area (Å²) in [5.74, 6) is -2.04. The summed E-state index contributed by atoms with van der Waals surface area (Å²) >= 11 is 0. The lowest BCUT2D eigenvalue weighted by Gasteiger charge is -2.16. The zero-order valence-electron chi connectivity index (χ0n) is 22.6. The number of ether oxygens (including phenoxy) is 4. The second-order valence-corrected chi connectivity index (χ2v) is 8.78. The number of nitrogens with one attached hydrogen (secondary N) is 1. The van der Waals surface area contributed by atoms with Crippen molar-refractivity contribution in [2.45, 2.75) is 13.1 Å². The number of likely N-dealkylation sites (N-methyl/N-ethyl adjacent to an activating group) is 1. The highest BCUT2D eigenvalue weighted by atomic mass is 19.4. The SMILES string of the molecule is COc1cc(OC)c2nc(Nc3nc(OC(=O)C(F)(F)F)c4cc(OCCN(C)CCO)ccc4n3)nc(C)c2c1. The minimum atomic E-state index is -5.26. The molecule has 12 nitrogen and oxygen atoms in total. The van der Waals surface area contributed by atoms with E-state index in [-0.39, 0.29) is 36.0 Å². The number of halogens is 3. The van der Waals surface area contributed by atoms with E-state index in [4.69, 9.17) is 19.3 Å². The Kier molecular flexibility index (Phi) is 8.88. The van der Waals surface area contributed by atoms with Gasteiger partial charge in [0, 0.05) is 24.5 Å². The molecule has 4 rings (SSSR count). The first-order chi connectivity index (χ1) is 19.5. The Morgan fingerprint density at radius 3 is 2.39 bits per heavy atom. The molecule has 0 radical (unpaired) electrons. The van der Waals surface area contributed by atoms with Crippen molar-refractivity contribution >= 4 is 39.7 Å². The van der Waals surface area contributed by atoms with E-state index in [1.165, 1.54) is 26.4 Å². The molecular formula is C26H27F3N6O6. The third-order valence-electron chi connectivity index (χ3n) is 5.89. The van der Waals surface area contributed by atoms with Crippen molar-refractivity contribution in [3.05, 3.63) is 36.0 Å². The highest BCUT2D eigenvalue weighted by molar-refractivity contribution is 5.90. The van der Waals surface area contributed by atoms with Gasteiger partial charge in [0.25, 0.3) is 0 Å². The predicted molar refractivity (Wildman–Crippen MR) is 142 cm³/mol. The normalized spacial score (nSPS) is 11.6. The molecule has 0 spiro atoms. The van der Waals surface area contributed by atoms with Crippen LogP contribution in [0.4, 0.5) is 25.1 Å². The van der Waals surface area contributed by atoms with Gasteiger partial charge in [0.1, 0.15) is 29.4 Å². The highest BCUT2D eigenvalue weighted by Gasteiger charge is 2.42. The van der Waals surface area contributed by atoms with Crippen molar-refractivity contribution in [1.29, 1.82) is 0 Å². The number of fused-ring (bicyclic) bond motifs is 2. The number of rotatable bonds is 11. The zero-order valence-corrected chi connectivity index (χ0v) is 22.6. The highest BCUT2D eigenvalue weighted by Crippen LogP contribution is 2.33. The number of esters is 1. The van der Waals surface area contributed by atoms with Gasteiger partial charge in [0.05, 0.1) is 37.4 Å². The molecule has 0 aliphatic heterocycles. The molecular weight excluding hydrogens is 549 g/mol. The lowest BCUT2D eigenvalue weighted by atomic mass is 10.1. The largest absolute Gasteiger partial charge is 0.497 e. The fraction of sp³-hybridized carbons (Fsp3) is 0.346. The number of methoxy groups -OCH3 is 2. The van der Waals surface area contributed by atoms with Gasteiger partial charge in [-0.3, -0.25) is 5.32 Å². The van der Waals surface area contributed by atoms with E-state index >= 15 is 0 Å². The predicted octanol–water partition coefficient (Wildman–Crippen LogP) is 3.41. The summed E-state index contributed by atoms with van der Waals surface area (Å²) in [5, 5.41) is 12.4. The van der Waals surface area contributed by atoms with Crippen LogP contribution < -0.4 is 24.3 Å². The number of aliphatic hydroxyl groups is 1. The molecule has 2 aromatic carbocycles. The number of carbonyl (C=O) groups excluding carboxylic acids is 1. The number of hydrogen-bond acceptors (Lipinski definition) is 12. The third kappa shape index (κ3) is 6.99. The second kappa shape index (κ2) is 12.3. The van der Waals surface area contributed by atoms with E-state index < -0.39 is 18.0 Å². The molecule has 218 valence electrons. The van der Waals surface area contributed by atoms with Crippen LogP contribution in [0.5, 0.6) is 23.1 Å². The van der Waals surface area contributed by atoms with E-state index in [0.717, 1.165) is 0 Å². The summed E-state index contributed by atoms with van der Waals surface area (Å²) in [5.41, 5.74) is 1.15. The maximum absolute atomic E-state index is 13.1. The number of nitrogens with zero attached hydrogens (tertiary/aromatic N) is 5. The van der Waals surface area contributed by atoms with E-state index in [1.54, 1.807) is 32.2 Å². The average molecular weight is 577 g/mol. The lowest BCUT2D eigenvalue weighted by molar-refractivity contribution is -0.189. The monoisotopic (exact) mass is 576 g/mol. The topological polar surface area (TPSA) is 141 Å². The molecule has 0 saturated heterocycles. The fourth-order valence-electron chi connectivity index (χ4n) is 3.80. The number of aromatic nitrogens is 4. The summed E-state index contributed by atoms with van der Waals surface area (Å²) in [6.45, 7) is 2.88. The molecule has 2 aromatic heterocycles. The van der Waals surface area contributed by atoms with Crippen LogP contribution in [0.1, 0.15) is 5.69 Å². The lowest BCUT2D eigenvalue weighted by Crippen LogP contribution is -2.28. The molecule has 2 N–H and O–H groups in total. The van der Waals surface area contributed by atoms with Crippen molar-refractivity contribution in [3.8, 4) is 23.1 Å². The molecule has 0 unspecified atom stereocenters. The molecule has 0 aliphatic carbocycles. The maximum Gasteiger partial charge on any atom is 0.491 e. The number of benzene rings is 2. The first-order valence-electron chi connectivity index (χ1n) is 12.2. The first kappa shape index (κ1) is 29.5. The van der Waals surface area contributed by atoms with Gasteiger partial charge in [0.2, 0.25) is 17.8 Å². The Balaban J connectivity index is 1.70. The van der Waals surface area contributed by atoms with Gasteiger partial charge >= 0.3 is 12.1 Å². The van der Waals surface area contributed by atoms with Gasteiger partial charge in [-0.15, -0.1) is 0 Å². The quantitative estimate of drug-likeness (QED) is 0.253. The van der Waals surface area contributed by atoms with Gasteiger partial charge < -0.3 is 29.0 Å². The number of carbonyl (C=O) groups is 1. The molecule has 2 heterocycles. The van der Waals surface area contributed by atoms with Gasteiger partial charge in [-0.05, 0) is 38.2 Å². The van der Waals surface area contributed by atoms with Crippen LogP contribution in [-0.4, -0.2) is 89.7 Å². The van der Waals surface area contributed by atoms with Gasteiger partial charge in [0.15, 0.2) is 0 Å². The molecule has 0 aliphatic rings. The molecule has 0 amide bonds. The van der Waals surface area contributed by atoms with Crippen LogP contribution in [-0.2, 0) is 4.79 Å². The average Bonchev–Trinajstić information content (AvgIpc) is 2.92. The van der Waals surface area contributed by atoms with Crippen LogP contribution in [0.15, 0.2) is 30.3 Å². The van der Waals surface area contributed by atoms with Crippen LogP contribution in [0, 0.1) is 6.92 Å². The Morgan fingerprint density at radius 1 is 0.976 bits per heavy atom. The smallest absolute Gasteiger partial charge is 0.491 e. The standard InChI is InChI=1S/C26H27F3N6O6/c1-14-17-12-16(38-3)13-20(39-4)21(17)32-24(30-14)34-25-31-19-6-5-15(40-10-8-35(2)7-9-36)11-18(19)22(33-25)41-23(37)26(27,28)29/h5-6,11-13,36H,7-10H2,1-4H3,(H,30,31,32,33,34). The Morgan fingerprint density at radius 2 is 1.71 bits per heavy atom. The third-order valence-corrected chi connectivity index (χ3v) is 5.89. The van der Waals surface area contributed by atoms with Crippen LogP contribution >= 0.6 is 0 Å². The summed E-state index contributed by atoms with van der Waals surface area (Å²) in [6, 6.07) is 7.81.